The Morgan fingerprint density at radius 3 is 2.57 bits per heavy atom. The molecule has 8 heteroatoms. The molecule has 2 heterocycles. The lowest BCUT2D eigenvalue weighted by molar-refractivity contribution is -0.125. The van der Waals surface area contributed by atoms with Crippen molar-refractivity contribution in [1.82, 2.24) is 24.8 Å². The third kappa shape index (κ3) is 3.86. The molecule has 0 unspecified atom stereocenters. The number of fused-ring (bicyclic) bond motifs is 1. The number of hydrogen-bond donors (Lipinski definition) is 1. The Morgan fingerprint density at radius 1 is 1.10 bits per heavy atom. The van der Waals surface area contributed by atoms with Crippen LogP contribution in [-0.2, 0) is 4.79 Å². The molecule has 0 saturated carbocycles. The van der Waals surface area contributed by atoms with Crippen LogP contribution in [0.25, 0.3) is 33.5 Å². The van der Waals surface area contributed by atoms with E-state index in [4.69, 9.17) is 10.8 Å². The molecule has 0 aliphatic carbocycles. The van der Waals surface area contributed by atoms with Crippen LogP contribution in [0.1, 0.15) is 5.56 Å². The number of nitrogens with zero attached hydrogens (tertiary/aromatic N) is 5. The molecule has 4 rings (SSSR count). The van der Waals surface area contributed by atoms with Crippen LogP contribution in [0.4, 0.5) is 0 Å². The fourth-order valence-electron chi connectivity index (χ4n) is 3.05. The van der Waals surface area contributed by atoms with Crippen molar-refractivity contribution in [2.75, 3.05) is 25.7 Å². The third-order valence-corrected chi connectivity index (χ3v) is 5.72. The lowest BCUT2D eigenvalue weighted by atomic mass is 10.0. The number of carbonyl (C=O) groups excluding carboxylic acids is 1. The Bertz CT molecular complexity index is 1220. The second-order valence-electron chi connectivity index (χ2n) is 7.19. The van der Waals surface area contributed by atoms with Gasteiger partial charge in [0, 0.05) is 30.6 Å². The highest BCUT2D eigenvalue weighted by atomic mass is 32.2. The Kier molecular flexibility index (Phi) is 5.41. The van der Waals surface area contributed by atoms with Crippen molar-refractivity contribution in [3.05, 3.63) is 60.2 Å². The third-order valence-electron chi connectivity index (χ3n) is 4.79. The second kappa shape index (κ2) is 8.16. The van der Waals surface area contributed by atoms with Gasteiger partial charge >= 0.3 is 0 Å². The monoisotopic (exact) mass is 418 g/mol. The first-order valence-corrected chi connectivity index (χ1v) is 10.4. The minimum absolute atomic E-state index is 0.0134. The zero-order valence-electron chi connectivity index (χ0n) is 17.0. The molecule has 0 aliphatic heterocycles. The van der Waals surface area contributed by atoms with Crippen molar-refractivity contribution in [2.45, 2.75) is 12.1 Å². The standard InChI is InChI=1S/C22H22N6OS/c1-14-8-10-15(11-9-14)19-12-17(16-6-4-5-7-18(16)24-19)21-25-26-22(28(21)23)30-13-20(29)27(2)3/h4-12H,13,23H2,1-3H3. The summed E-state index contributed by atoms with van der Waals surface area (Å²) in [5.41, 5.74) is 4.74. The fraction of sp³-hybridized carbons (Fsp3) is 0.182. The van der Waals surface area contributed by atoms with Crippen LogP contribution in [0.3, 0.4) is 0 Å². The lowest BCUT2D eigenvalue weighted by Gasteiger charge is -2.11. The number of pyridine rings is 1. The van der Waals surface area contributed by atoms with E-state index < -0.39 is 0 Å². The van der Waals surface area contributed by atoms with E-state index in [1.165, 1.54) is 26.9 Å². The van der Waals surface area contributed by atoms with Crippen LogP contribution in [-0.4, -0.2) is 50.5 Å². The van der Waals surface area contributed by atoms with Crippen LogP contribution < -0.4 is 5.84 Å². The Labute approximate surface area is 178 Å². The number of carbonyl (C=O) groups is 1. The van der Waals surface area contributed by atoms with E-state index >= 15 is 0 Å². The highest BCUT2D eigenvalue weighted by Crippen LogP contribution is 2.32. The van der Waals surface area contributed by atoms with Crippen LogP contribution in [0.15, 0.2) is 59.8 Å². The van der Waals surface area contributed by atoms with Gasteiger partial charge in [-0.2, -0.15) is 0 Å². The molecule has 0 radical (unpaired) electrons. The van der Waals surface area contributed by atoms with E-state index in [1.807, 2.05) is 30.3 Å². The summed E-state index contributed by atoms with van der Waals surface area (Å²) < 4.78 is 1.44. The molecule has 0 saturated heterocycles. The van der Waals surface area contributed by atoms with Gasteiger partial charge in [0.05, 0.1) is 17.0 Å². The van der Waals surface area contributed by atoms with Gasteiger partial charge in [0.15, 0.2) is 5.82 Å². The number of benzene rings is 2. The Morgan fingerprint density at radius 2 is 1.83 bits per heavy atom. The summed E-state index contributed by atoms with van der Waals surface area (Å²) in [5.74, 6) is 7.08. The number of para-hydroxylation sites is 1. The van der Waals surface area contributed by atoms with Gasteiger partial charge in [0.25, 0.3) is 0 Å². The number of nitrogen functional groups attached to an aromatic ring is 1. The number of aryl methyl sites for hydroxylation is 1. The number of hydrogen-bond acceptors (Lipinski definition) is 6. The zero-order chi connectivity index (χ0) is 21.3. The van der Waals surface area contributed by atoms with Crippen molar-refractivity contribution in [2.24, 2.45) is 0 Å². The highest BCUT2D eigenvalue weighted by molar-refractivity contribution is 7.99. The molecule has 2 N–H and O–H groups in total. The normalized spacial score (nSPS) is 11.0. The summed E-state index contributed by atoms with van der Waals surface area (Å²) in [6, 6.07) is 18.1. The van der Waals surface area contributed by atoms with Crippen molar-refractivity contribution in [1.29, 1.82) is 0 Å². The molecule has 0 bridgehead atoms. The van der Waals surface area contributed by atoms with E-state index in [0.29, 0.717) is 11.0 Å². The molecular weight excluding hydrogens is 396 g/mol. The summed E-state index contributed by atoms with van der Waals surface area (Å²) in [6.45, 7) is 2.06. The van der Waals surface area contributed by atoms with Gasteiger partial charge in [0.1, 0.15) is 0 Å². The predicted molar refractivity (Wildman–Crippen MR) is 121 cm³/mol. The Balaban J connectivity index is 1.79. The van der Waals surface area contributed by atoms with Gasteiger partial charge in [0.2, 0.25) is 11.1 Å². The molecule has 7 nitrogen and oxygen atoms in total. The molecule has 4 aromatic rings. The van der Waals surface area contributed by atoms with Crippen LogP contribution in [0.5, 0.6) is 0 Å². The van der Waals surface area contributed by atoms with Crippen molar-refractivity contribution >= 4 is 28.6 Å². The summed E-state index contributed by atoms with van der Waals surface area (Å²) >= 11 is 1.26. The SMILES string of the molecule is Cc1ccc(-c2cc(-c3nnc(SCC(=O)N(C)C)n3N)c3ccccc3n2)cc1. The molecule has 2 aromatic carbocycles. The van der Waals surface area contributed by atoms with Crippen molar-refractivity contribution < 1.29 is 4.79 Å². The van der Waals surface area contributed by atoms with Gasteiger partial charge in [-0.05, 0) is 19.1 Å². The Hall–Kier alpha value is -3.39. The summed E-state index contributed by atoms with van der Waals surface area (Å²) in [6.07, 6.45) is 0. The molecule has 0 atom stereocenters. The first kappa shape index (κ1) is 19.9. The van der Waals surface area contributed by atoms with E-state index in [0.717, 1.165) is 27.7 Å². The maximum atomic E-state index is 11.9. The van der Waals surface area contributed by atoms with Crippen LogP contribution in [0.2, 0.25) is 0 Å². The maximum absolute atomic E-state index is 11.9. The van der Waals surface area contributed by atoms with E-state index in [9.17, 15) is 4.79 Å². The number of aromatic nitrogens is 4. The smallest absolute Gasteiger partial charge is 0.232 e. The number of rotatable bonds is 5. The van der Waals surface area contributed by atoms with Gasteiger partial charge in [-0.25, -0.2) is 9.66 Å². The molecule has 0 fully saturated rings. The fourth-order valence-corrected chi connectivity index (χ4v) is 3.88. The van der Waals surface area contributed by atoms with Crippen LogP contribution >= 0.6 is 11.8 Å². The predicted octanol–water partition coefficient (Wildman–Crippen LogP) is 3.36. The first-order valence-electron chi connectivity index (χ1n) is 9.44. The van der Waals surface area contributed by atoms with Crippen molar-refractivity contribution in [3.8, 4) is 22.6 Å². The van der Waals surface area contributed by atoms with Gasteiger partial charge in [-0.1, -0.05) is 59.8 Å². The first-order chi connectivity index (χ1) is 14.4. The molecular formula is C22H22N6OS. The topological polar surface area (TPSA) is 89.9 Å². The van der Waals surface area contributed by atoms with E-state index in [1.54, 1.807) is 14.1 Å². The lowest BCUT2D eigenvalue weighted by Crippen LogP contribution is -2.24. The minimum Gasteiger partial charge on any atom is -0.348 e. The minimum atomic E-state index is -0.0134. The summed E-state index contributed by atoms with van der Waals surface area (Å²) in [5, 5.41) is 9.95. The molecule has 0 spiro atoms. The molecule has 30 heavy (non-hydrogen) atoms. The summed E-state index contributed by atoms with van der Waals surface area (Å²) in [4.78, 5) is 18.3. The van der Waals surface area contributed by atoms with Gasteiger partial charge < -0.3 is 10.7 Å². The average molecular weight is 419 g/mol. The average Bonchev–Trinajstić information content (AvgIpc) is 3.11. The molecule has 0 aliphatic rings. The highest BCUT2D eigenvalue weighted by Gasteiger charge is 2.18. The molecule has 2 aromatic heterocycles. The quantitative estimate of drug-likeness (QED) is 0.395. The van der Waals surface area contributed by atoms with Gasteiger partial charge in [-0.3, -0.25) is 4.79 Å². The van der Waals surface area contributed by atoms with Crippen molar-refractivity contribution in [3.63, 3.8) is 0 Å². The number of nitrogens with two attached hydrogens (primary N) is 1. The van der Waals surface area contributed by atoms with Crippen LogP contribution in [0, 0.1) is 6.92 Å². The zero-order valence-corrected chi connectivity index (χ0v) is 17.8. The van der Waals surface area contributed by atoms with E-state index in [2.05, 4.69) is 41.4 Å². The van der Waals surface area contributed by atoms with E-state index in [-0.39, 0.29) is 11.7 Å². The number of thioether (sulfide) groups is 1. The summed E-state index contributed by atoms with van der Waals surface area (Å²) in [7, 11) is 3.44. The molecule has 1 amide bonds. The molecule has 152 valence electrons. The largest absolute Gasteiger partial charge is 0.348 e. The second-order valence-corrected chi connectivity index (χ2v) is 8.13. The maximum Gasteiger partial charge on any atom is 0.232 e. The van der Waals surface area contributed by atoms with Gasteiger partial charge in [-0.15, -0.1) is 10.2 Å². The number of amides is 1.